The third kappa shape index (κ3) is 11.5. The Hall–Kier alpha value is -15.6. The van der Waals surface area contributed by atoms with Gasteiger partial charge in [-0.05, 0) is 223 Å². The Morgan fingerprint density at radius 2 is 0.475 bits per heavy atom. The number of fused-ring (bicyclic) bond motifs is 16. The summed E-state index contributed by atoms with van der Waals surface area (Å²) in [6.07, 6.45) is 0. The summed E-state index contributed by atoms with van der Waals surface area (Å²) in [4.78, 5) is 4.82. The van der Waals surface area contributed by atoms with Crippen molar-refractivity contribution in [2.24, 2.45) is 0 Å². The highest BCUT2D eigenvalue weighted by Crippen LogP contribution is 2.50. The lowest BCUT2D eigenvalue weighted by Gasteiger charge is -2.28. The Morgan fingerprint density at radius 3 is 0.958 bits per heavy atom. The summed E-state index contributed by atoms with van der Waals surface area (Å²) in [5, 5.41) is 18.9. The van der Waals surface area contributed by atoms with E-state index in [0.29, 0.717) is 0 Å². The van der Waals surface area contributed by atoms with E-state index in [1.807, 2.05) is 0 Å². The maximum atomic E-state index is 7.28. The van der Waals surface area contributed by atoms with Gasteiger partial charge in [0.05, 0.1) is 11.4 Å². The second kappa shape index (κ2) is 28.2. The van der Waals surface area contributed by atoms with Crippen molar-refractivity contribution >= 4 is 143 Å². The second-order valence-electron chi connectivity index (χ2n) is 30.9. The molecule has 21 aromatic carbocycles. The SMILES string of the molecule is c1ccc(-c2ccccc2N(c2ccc(-c3cc4ccccc4c4ccccc34)cc2)c2ccc(-c3ccc(-c4ccc(-c5ccc(-c6ccccc6N(c6ccc(-c7cc8ccccc8c8ccccc78)cc6)c6ccc(-c7cccc8oc9c%10ccccc%10ccc9c78)cc6)cc5)cc4)c4oc5c6ccccc6ccc5c34)cc2)cc1. The van der Waals surface area contributed by atoms with Crippen LogP contribution in [0.1, 0.15) is 0 Å². The lowest BCUT2D eigenvalue weighted by Crippen LogP contribution is -2.11. The van der Waals surface area contributed by atoms with Gasteiger partial charge in [0.1, 0.15) is 22.3 Å². The maximum absolute atomic E-state index is 7.28. The van der Waals surface area contributed by atoms with Gasteiger partial charge in [-0.3, -0.25) is 0 Å². The van der Waals surface area contributed by atoms with Gasteiger partial charge < -0.3 is 18.6 Å². The summed E-state index contributed by atoms with van der Waals surface area (Å²) in [5.74, 6) is 0. The largest absolute Gasteiger partial charge is 0.455 e. The van der Waals surface area contributed by atoms with Crippen LogP contribution in [-0.4, -0.2) is 0 Å². The first-order chi connectivity index (χ1) is 58.5. The summed E-state index contributed by atoms with van der Waals surface area (Å²) in [5.41, 5.74) is 28.0. The Bertz CT molecular complexity index is 7880. The first-order valence-corrected chi connectivity index (χ1v) is 40.5. The van der Waals surface area contributed by atoms with Crippen LogP contribution in [0.5, 0.6) is 0 Å². The van der Waals surface area contributed by atoms with E-state index >= 15 is 0 Å². The Labute approximate surface area is 682 Å². The molecule has 0 spiro atoms. The molecule has 0 unspecified atom stereocenters. The van der Waals surface area contributed by atoms with E-state index in [-0.39, 0.29) is 0 Å². The average Bonchev–Trinajstić information content (AvgIpc) is 1.56. The molecular weight excluding hydrogens is 1430 g/mol. The molecule has 550 valence electrons. The number of para-hydroxylation sites is 2. The molecule has 4 nitrogen and oxygen atoms in total. The highest BCUT2D eigenvalue weighted by atomic mass is 16.3. The van der Waals surface area contributed by atoms with Gasteiger partial charge in [-0.1, -0.05) is 340 Å². The molecule has 23 rings (SSSR count). The summed E-state index contributed by atoms with van der Waals surface area (Å²) in [6, 6.07) is 159. The number of anilines is 6. The zero-order valence-electron chi connectivity index (χ0n) is 64.3. The van der Waals surface area contributed by atoms with Crippen LogP contribution in [0.4, 0.5) is 34.1 Å². The molecule has 0 radical (unpaired) electrons. The second-order valence-corrected chi connectivity index (χ2v) is 30.9. The van der Waals surface area contributed by atoms with Crippen LogP contribution in [0.25, 0.3) is 198 Å². The quantitative estimate of drug-likeness (QED) is 0.102. The van der Waals surface area contributed by atoms with Gasteiger partial charge in [0.2, 0.25) is 0 Å². The Balaban J connectivity index is 0.585. The predicted octanol–water partition coefficient (Wildman–Crippen LogP) is 32.7. The minimum atomic E-state index is 0.857. The number of hydrogen-bond donors (Lipinski definition) is 0. The minimum Gasteiger partial charge on any atom is -0.455 e. The summed E-state index contributed by atoms with van der Waals surface area (Å²) in [6.45, 7) is 0. The highest BCUT2D eigenvalue weighted by molar-refractivity contribution is 6.23. The normalized spacial score (nSPS) is 11.7. The van der Waals surface area contributed by atoms with Crippen molar-refractivity contribution in [3.63, 3.8) is 0 Å². The highest BCUT2D eigenvalue weighted by Gasteiger charge is 2.25. The van der Waals surface area contributed by atoms with E-state index in [4.69, 9.17) is 8.83 Å². The standard InChI is InChI=1S/C114H72N2O2/c1-2-21-75(22-3-1)92-29-16-18-38-107(92)115(88-63-53-82(54-64-88)105-71-84-25-6-8-27-90(84)99-33-12-14-35-101(99)105)87-61-51-80(52-62-87)95-69-70-98(114-111(95)104-68-58-77-24-5-11-32-97(77)113(104)118-114)81-47-43-74(44-48-81)73-41-45-78(46-42-73)93-30-17-19-39-108(93)116(89-65-55-83(56-66-89)106-72-85-26-7-9-28-91(85)100-34-13-15-36-102(100)106)86-59-49-79(50-60-86)94-37-20-40-109-110(94)103-67-57-76-23-4-10-31-96(76)112(103)117-109/h1-72H. The fourth-order valence-electron chi connectivity index (χ4n) is 18.6. The van der Waals surface area contributed by atoms with E-state index in [0.717, 1.165) is 172 Å². The molecule has 0 fully saturated rings. The van der Waals surface area contributed by atoms with Crippen LogP contribution in [0, 0.1) is 0 Å². The van der Waals surface area contributed by atoms with Gasteiger partial charge >= 0.3 is 0 Å². The third-order valence-electron chi connectivity index (χ3n) is 24.3. The molecule has 0 aliphatic carbocycles. The zero-order valence-corrected chi connectivity index (χ0v) is 64.3. The first kappa shape index (κ1) is 68.0. The number of furan rings is 2. The van der Waals surface area contributed by atoms with Crippen molar-refractivity contribution in [3.8, 4) is 89.0 Å². The molecule has 0 N–H and O–H groups in total. The van der Waals surface area contributed by atoms with Crippen LogP contribution in [-0.2, 0) is 0 Å². The third-order valence-corrected chi connectivity index (χ3v) is 24.3. The van der Waals surface area contributed by atoms with Gasteiger partial charge in [0.15, 0.2) is 0 Å². The zero-order chi connectivity index (χ0) is 77.7. The molecule has 2 heterocycles. The number of nitrogens with zero attached hydrogens (tertiary/aromatic N) is 2. The number of hydrogen-bond acceptors (Lipinski definition) is 4. The smallest absolute Gasteiger partial charge is 0.143 e. The molecule has 0 bridgehead atoms. The predicted molar refractivity (Wildman–Crippen MR) is 499 cm³/mol. The molecule has 0 amide bonds. The van der Waals surface area contributed by atoms with Gasteiger partial charge in [-0.2, -0.15) is 0 Å². The lowest BCUT2D eigenvalue weighted by atomic mass is 9.92. The molecule has 118 heavy (non-hydrogen) atoms. The Kier molecular flexibility index (Phi) is 16.2. The average molecular weight is 1500 g/mol. The lowest BCUT2D eigenvalue weighted by molar-refractivity contribution is 0.672. The van der Waals surface area contributed by atoms with Crippen LogP contribution in [0.15, 0.2) is 446 Å². The van der Waals surface area contributed by atoms with Crippen molar-refractivity contribution < 1.29 is 8.83 Å². The van der Waals surface area contributed by atoms with E-state index in [1.54, 1.807) is 0 Å². The van der Waals surface area contributed by atoms with Gasteiger partial charge in [-0.15, -0.1) is 0 Å². The molecule has 0 saturated carbocycles. The van der Waals surface area contributed by atoms with Crippen molar-refractivity contribution in [3.05, 3.63) is 437 Å². The monoisotopic (exact) mass is 1500 g/mol. The van der Waals surface area contributed by atoms with Gasteiger partial charge in [0, 0.05) is 71.8 Å². The van der Waals surface area contributed by atoms with E-state index in [9.17, 15) is 0 Å². The fourth-order valence-corrected chi connectivity index (χ4v) is 18.6. The summed E-state index contributed by atoms with van der Waals surface area (Å²) in [7, 11) is 0. The molecule has 0 saturated heterocycles. The molecule has 2 aromatic heterocycles. The van der Waals surface area contributed by atoms with Crippen molar-refractivity contribution in [2.75, 3.05) is 9.80 Å². The first-order valence-electron chi connectivity index (χ1n) is 40.5. The van der Waals surface area contributed by atoms with E-state index in [2.05, 4.69) is 447 Å². The molecule has 0 atom stereocenters. The Morgan fingerprint density at radius 1 is 0.153 bits per heavy atom. The molecule has 4 heteroatoms. The van der Waals surface area contributed by atoms with E-state index < -0.39 is 0 Å². The van der Waals surface area contributed by atoms with Crippen LogP contribution >= 0.6 is 0 Å². The van der Waals surface area contributed by atoms with Crippen LogP contribution < -0.4 is 9.80 Å². The van der Waals surface area contributed by atoms with Gasteiger partial charge in [0.25, 0.3) is 0 Å². The number of rotatable bonds is 14. The van der Waals surface area contributed by atoms with Crippen molar-refractivity contribution in [2.45, 2.75) is 0 Å². The molecular formula is C114H72N2O2. The number of benzene rings is 21. The summed E-state index contributed by atoms with van der Waals surface area (Å²) < 4.78 is 14.0. The fraction of sp³-hybridized carbons (Fsp3) is 0. The summed E-state index contributed by atoms with van der Waals surface area (Å²) >= 11 is 0. The van der Waals surface area contributed by atoms with Crippen molar-refractivity contribution in [1.29, 1.82) is 0 Å². The molecule has 0 aliphatic rings. The van der Waals surface area contributed by atoms with Crippen LogP contribution in [0.2, 0.25) is 0 Å². The van der Waals surface area contributed by atoms with E-state index in [1.165, 1.54) is 59.8 Å². The topological polar surface area (TPSA) is 32.8 Å². The minimum absolute atomic E-state index is 0.857. The maximum Gasteiger partial charge on any atom is 0.143 e. The van der Waals surface area contributed by atoms with Crippen molar-refractivity contribution in [1.82, 2.24) is 0 Å². The van der Waals surface area contributed by atoms with Gasteiger partial charge in [-0.25, -0.2) is 0 Å². The molecule has 23 aromatic rings. The molecule has 0 aliphatic heterocycles. The van der Waals surface area contributed by atoms with Crippen LogP contribution in [0.3, 0.4) is 0 Å².